The maximum Gasteiger partial charge on any atom is 0.417 e. The number of nitrogen functional groups attached to an aromatic ring is 1. The van der Waals surface area contributed by atoms with Crippen LogP contribution in [0.1, 0.15) is 53.4 Å². The van der Waals surface area contributed by atoms with Gasteiger partial charge in [-0.2, -0.15) is 13.2 Å². The molecular weight excluding hydrogens is 401 g/mol. The number of fused-ring (bicyclic) bond motifs is 4. The number of hydrogen-bond donors (Lipinski definition) is 2. The highest BCUT2D eigenvalue weighted by Gasteiger charge is 2.50. The third kappa shape index (κ3) is 3.98. The van der Waals surface area contributed by atoms with Gasteiger partial charge in [-0.1, -0.05) is 23.7 Å². The summed E-state index contributed by atoms with van der Waals surface area (Å²) in [6.45, 7) is 1.31. The largest absolute Gasteiger partial charge is 0.417 e. The lowest BCUT2D eigenvalue weighted by atomic mass is 9.84. The Morgan fingerprint density at radius 2 is 1.72 bits per heavy atom. The molecule has 1 saturated heterocycles. The molecule has 1 aliphatic heterocycles. The van der Waals surface area contributed by atoms with Crippen molar-refractivity contribution in [1.82, 2.24) is 4.90 Å². The van der Waals surface area contributed by atoms with Gasteiger partial charge in [0.25, 0.3) is 0 Å². The number of hydrogen-bond acceptors (Lipinski definition) is 3. The summed E-state index contributed by atoms with van der Waals surface area (Å²) in [4.78, 5) is 2.04. The van der Waals surface area contributed by atoms with Crippen molar-refractivity contribution in [3.05, 3.63) is 63.7 Å². The van der Waals surface area contributed by atoms with E-state index in [4.69, 9.17) is 17.3 Å². The third-order valence-electron chi connectivity index (χ3n) is 6.32. The zero-order valence-electron chi connectivity index (χ0n) is 16.1. The summed E-state index contributed by atoms with van der Waals surface area (Å²) in [6, 6.07) is 9.96. The lowest BCUT2D eigenvalue weighted by Crippen LogP contribution is -2.40. The van der Waals surface area contributed by atoms with Gasteiger partial charge in [0.05, 0.1) is 16.2 Å². The van der Waals surface area contributed by atoms with Crippen molar-refractivity contribution in [2.24, 2.45) is 0 Å². The Labute approximate surface area is 173 Å². The van der Waals surface area contributed by atoms with E-state index in [0.29, 0.717) is 25.9 Å². The number of aliphatic hydroxyl groups is 1. The maximum absolute atomic E-state index is 12.8. The molecule has 3 nitrogen and oxygen atoms in total. The fourth-order valence-corrected chi connectivity index (χ4v) is 4.57. The van der Waals surface area contributed by atoms with E-state index in [1.54, 1.807) is 5.56 Å². The number of benzene rings is 2. The summed E-state index contributed by atoms with van der Waals surface area (Å²) in [5, 5.41) is 10.2. The predicted molar refractivity (Wildman–Crippen MR) is 108 cm³/mol. The zero-order valence-corrected chi connectivity index (χ0v) is 16.9. The Kier molecular flexibility index (Phi) is 5.08. The summed E-state index contributed by atoms with van der Waals surface area (Å²) < 4.78 is 38.4. The first-order valence-corrected chi connectivity index (χ1v) is 10.1. The summed E-state index contributed by atoms with van der Waals surface area (Å²) >= 11 is 5.58. The average molecular weight is 425 g/mol. The molecule has 1 heterocycles. The van der Waals surface area contributed by atoms with Crippen LogP contribution < -0.4 is 5.73 Å². The average Bonchev–Trinajstić information content (AvgIpc) is 3.38. The Balaban J connectivity index is 0.000000168. The van der Waals surface area contributed by atoms with Gasteiger partial charge in [0, 0.05) is 18.8 Å². The Bertz CT molecular complexity index is 923. The van der Waals surface area contributed by atoms with Crippen LogP contribution in [0, 0.1) is 0 Å². The zero-order chi connectivity index (χ0) is 21.0. The molecule has 3 N–H and O–H groups in total. The molecule has 7 heteroatoms. The van der Waals surface area contributed by atoms with Gasteiger partial charge in [0.1, 0.15) is 0 Å². The molecule has 0 bridgehead atoms. The fraction of sp³-hybridized carbons (Fsp3) is 0.455. The summed E-state index contributed by atoms with van der Waals surface area (Å²) in [5.74, 6) is 1.83. The van der Waals surface area contributed by atoms with Crippen molar-refractivity contribution in [1.29, 1.82) is 0 Å². The van der Waals surface area contributed by atoms with Crippen LogP contribution >= 0.6 is 11.6 Å². The molecule has 2 aromatic rings. The molecule has 1 saturated carbocycles. The van der Waals surface area contributed by atoms with Crippen molar-refractivity contribution in [3.8, 4) is 0 Å². The van der Waals surface area contributed by atoms with Crippen molar-refractivity contribution in [2.45, 2.75) is 42.9 Å². The van der Waals surface area contributed by atoms with Crippen LogP contribution in [0.15, 0.2) is 36.4 Å². The second-order valence-electron chi connectivity index (χ2n) is 8.36. The summed E-state index contributed by atoms with van der Waals surface area (Å²) in [7, 11) is 1.92. The monoisotopic (exact) mass is 424 g/mol. The number of anilines is 1. The van der Waals surface area contributed by atoms with Gasteiger partial charge in [-0.25, -0.2) is 0 Å². The molecule has 5 rings (SSSR count). The van der Waals surface area contributed by atoms with E-state index < -0.39 is 17.3 Å². The fourth-order valence-electron chi connectivity index (χ4n) is 4.35. The quantitative estimate of drug-likeness (QED) is 0.624. The van der Waals surface area contributed by atoms with Gasteiger partial charge in [-0.05, 0) is 79.1 Å². The van der Waals surface area contributed by atoms with Crippen molar-refractivity contribution < 1.29 is 18.3 Å². The molecule has 2 atom stereocenters. The molecule has 0 amide bonds. The van der Waals surface area contributed by atoms with Gasteiger partial charge >= 0.3 is 6.18 Å². The minimum Gasteiger partial charge on any atom is -0.399 e. The smallest absolute Gasteiger partial charge is 0.399 e. The first kappa shape index (κ1) is 20.5. The normalized spacial score (nSPS) is 24.5. The van der Waals surface area contributed by atoms with Crippen molar-refractivity contribution >= 4 is 17.3 Å². The van der Waals surface area contributed by atoms with Crippen molar-refractivity contribution in [2.75, 3.05) is 25.9 Å². The van der Waals surface area contributed by atoms with Crippen LogP contribution in [0.5, 0.6) is 0 Å². The highest BCUT2D eigenvalue weighted by atomic mass is 35.5. The van der Waals surface area contributed by atoms with E-state index in [9.17, 15) is 18.3 Å². The molecule has 2 fully saturated rings. The van der Waals surface area contributed by atoms with Gasteiger partial charge in [-0.3, -0.25) is 0 Å². The number of rotatable bonds is 1. The summed E-state index contributed by atoms with van der Waals surface area (Å²) in [6.07, 6.45) is -2.28. The molecule has 29 heavy (non-hydrogen) atoms. The highest BCUT2D eigenvalue weighted by molar-refractivity contribution is 6.31. The number of alkyl halides is 3. The molecule has 0 aromatic heterocycles. The SMILES string of the molecule is CN1CCC(O)(c2ccc(Cl)c(C(F)(F)F)c2)CC1.Nc1ccc2c(c1)C1CC21. The summed E-state index contributed by atoms with van der Waals surface area (Å²) in [5.41, 5.74) is 7.84. The van der Waals surface area contributed by atoms with Gasteiger partial charge in [0.2, 0.25) is 0 Å². The lowest BCUT2D eigenvalue weighted by molar-refractivity contribution is -0.137. The standard InChI is InChI=1S/C13H15ClF3NO.C9H9N/c1-18-6-4-12(19,5-7-18)9-2-3-11(14)10(8-9)13(15,16)17;10-5-1-2-6-7(3-5)9-4-8(6)9/h2-3,8,19H,4-7H2,1H3;1-3,8-9H,4,10H2. The Hall–Kier alpha value is -1.76. The van der Waals surface area contributed by atoms with E-state index in [0.717, 1.165) is 23.6 Å². The molecule has 2 aliphatic carbocycles. The molecule has 2 unspecified atom stereocenters. The van der Waals surface area contributed by atoms with E-state index in [-0.39, 0.29) is 10.6 Å². The molecule has 0 spiro atoms. The number of piperidine rings is 1. The predicted octanol–water partition coefficient (Wildman–Crippen LogP) is 5.13. The maximum atomic E-state index is 12.8. The first-order chi connectivity index (χ1) is 13.6. The molecule has 0 radical (unpaired) electrons. The molecule has 2 aromatic carbocycles. The molecule has 156 valence electrons. The van der Waals surface area contributed by atoms with Crippen LogP contribution in [0.3, 0.4) is 0 Å². The van der Waals surface area contributed by atoms with Crippen LogP contribution in [0.25, 0.3) is 0 Å². The van der Waals surface area contributed by atoms with Crippen LogP contribution in [0.2, 0.25) is 5.02 Å². The third-order valence-corrected chi connectivity index (χ3v) is 6.65. The Morgan fingerprint density at radius 1 is 1.07 bits per heavy atom. The minimum absolute atomic E-state index is 0.289. The van der Waals surface area contributed by atoms with E-state index >= 15 is 0 Å². The second kappa shape index (κ2) is 7.18. The molecule has 3 aliphatic rings. The highest BCUT2D eigenvalue weighted by Crippen LogP contribution is 2.65. The van der Waals surface area contributed by atoms with Crippen LogP contribution in [-0.2, 0) is 11.8 Å². The van der Waals surface area contributed by atoms with Crippen LogP contribution in [-0.4, -0.2) is 30.1 Å². The van der Waals surface area contributed by atoms with Crippen LogP contribution in [0.4, 0.5) is 18.9 Å². The van der Waals surface area contributed by atoms with Crippen molar-refractivity contribution in [3.63, 3.8) is 0 Å². The minimum atomic E-state index is -4.51. The number of likely N-dealkylation sites (tertiary alicyclic amines) is 1. The van der Waals surface area contributed by atoms with E-state index in [2.05, 4.69) is 12.1 Å². The number of nitrogens with two attached hydrogens (primary N) is 1. The first-order valence-electron chi connectivity index (χ1n) is 9.76. The van der Waals surface area contributed by atoms with E-state index in [1.807, 2.05) is 18.0 Å². The topological polar surface area (TPSA) is 49.5 Å². The van der Waals surface area contributed by atoms with Gasteiger partial charge < -0.3 is 15.7 Å². The number of halogens is 4. The second-order valence-corrected chi connectivity index (χ2v) is 8.77. The lowest BCUT2D eigenvalue weighted by Gasteiger charge is -2.37. The van der Waals surface area contributed by atoms with Gasteiger partial charge in [0.15, 0.2) is 0 Å². The van der Waals surface area contributed by atoms with Gasteiger partial charge in [-0.15, -0.1) is 0 Å². The molecular formula is C22H24ClF3N2O. The Morgan fingerprint density at radius 3 is 2.38 bits per heavy atom. The van der Waals surface area contributed by atoms with E-state index in [1.165, 1.54) is 24.1 Å². The number of nitrogens with zero attached hydrogens (tertiary/aromatic N) is 1.